The van der Waals surface area contributed by atoms with Crippen LogP contribution in [0.15, 0.2) is 0 Å². The first-order valence-corrected chi connectivity index (χ1v) is 5.92. The number of hydrogen-bond acceptors (Lipinski definition) is 4. The highest BCUT2D eigenvalue weighted by atomic mass is 31.2. The van der Waals surface area contributed by atoms with Crippen LogP contribution in [0.2, 0.25) is 0 Å². The van der Waals surface area contributed by atoms with E-state index in [1.807, 2.05) is 4.67 Å². The molecule has 0 bridgehead atoms. The average molecular weight is 214 g/mol. The van der Waals surface area contributed by atoms with E-state index < -0.39 is 7.82 Å². The second kappa shape index (κ2) is 4.63. The standard InChI is InChI=1S/C4H12N2O4P2/c7-12(8,9)10-11-6-3-1-5-2-4-6/h5,11H,1-4H2,(H2,7,8,9). The third-order valence-corrected chi connectivity index (χ3v) is 3.39. The van der Waals surface area contributed by atoms with Gasteiger partial charge in [-0.25, -0.2) is 4.57 Å². The lowest BCUT2D eigenvalue weighted by atomic mass is 10.4. The second-order valence-corrected chi connectivity index (χ2v) is 4.94. The van der Waals surface area contributed by atoms with Crippen molar-refractivity contribution >= 4 is 16.8 Å². The van der Waals surface area contributed by atoms with Crippen LogP contribution in [-0.4, -0.2) is 40.6 Å². The molecule has 1 saturated heterocycles. The fraction of sp³-hybridized carbons (Fsp3) is 1.00. The second-order valence-electron chi connectivity index (χ2n) is 2.41. The molecule has 0 spiro atoms. The first kappa shape index (κ1) is 10.5. The summed E-state index contributed by atoms with van der Waals surface area (Å²) in [6.07, 6.45) is 0. The van der Waals surface area contributed by atoms with Crippen LogP contribution in [-0.2, 0) is 8.88 Å². The van der Waals surface area contributed by atoms with Gasteiger partial charge in [0, 0.05) is 26.2 Å². The Hall–Kier alpha value is 0.460. The SMILES string of the molecule is O=P(O)(O)OPN1CCNCC1. The highest BCUT2D eigenvalue weighted by Gasteiger charge is 2.17. The smallest absolute Gasteiger partial charge is 0.314 e. The van der Waals surface area contributed by atoms with Gasteiger partial charge in [0.05, 0.1) is 0 Å². The van der Waals surface area contributed by atoms with Crippen LogP contribution < -0.4 is 5.32 Å². The minimum Gasteiger partial charge on any atom is -0.314 e. The van der Waals surface area contributed by atoms with Crippen molar-refractivity contribution in [1.82, 2.24) is 9.99 Å². The normalized spacial score (nSPS) is 22.2. The van der Waals surface area contributed by atoms with Crippen molar-refractivity contribution in [2.24, 2.45) is 0 Å². The molecule has 0 aliphatic carbocycles. The molecule has 72 valence electrons. The first-order valence-electron chi connectivity index (χ1n) is 3.53. The molecule has 1 atom stereocenters. The van der Waals surface area contributed by atoms with Crippen molar-refractivity contribution in [3.8, 4) is 0 Å². The zero-order chi connectivity index (χ0) is 9.03. The Balaban J connectivity index is 2.17. The van der Waals surface area contributed by atoms with E-state index in [1.54, 1.807) is 0 Å². The molecular weight excluding hydrogens is 202 g/mol. The van der Waals surface area contributed by atoms with Crippen LogP contribution in [0, 0.1) is 0 Å². The lowest BCUT2D eigenvalue weighted by Gasteiger charge is -2.25. The summed E-state index contributed by atoms with van der Waals surface area (Å²) < 4.78 is 16.5. The van der Waals surface area contributed by atoms with E-state index in [-0.39, 0.29) is 8.96 Å². The van der Waals surface area contributed by atoms with Crippen LogP contribution in [0.25, 0.3) is 0 Å². The van der Waals surface area contributed by atoms with Crippen LogP contribution >= 0.6 is 16.8 Å². The van der Waals surface area contributed by atoms with Crippen LogP contribution in [0.3, 0.4) is 0 Å². The molecule has 0 aromatic rings. The topological polar surface area (TPSA) is 82.0 Å². The van der Waals surface area contributed by atoms with E-state index in [9.17, 15) is 4.57 Å². The molecule has 1 fully saturated rings. The van der Waals surface area contributed by atoms with Gasteiger partial charge in [-0.3, -0.25) is 8.98 Å². The van der Waals surface area contributed by atoms with Crippen molar-refractivity contribution in [2.75, 3.05) is 26.2 Å². The average Bonchev–Trinajstić information content (AvgIpc) is 2.02. The van der Waals surface area contributed by atoms with Gasteiger partial charge in [-0.1, -0.05) is 0 Å². The van der Waals surface area contributed by atoms with Crippen molar-refractivity contribution in [1.29, 1.82) is 0 Å². The molecule has 1 rings (SSSR count). The number of piperazine rings is 1. The Kier molecular flexibility index (Phi) is 4.06. The summed E-state index contributed by atoms with van der Waals surface area (Å²) in [5.41, 5.74) is 0. The molecule has 1 aliphatic rings. The van der Waals surface area contributed by atoms with E-state index in [0.29, 0.717) is 0 Å². The first-order chi connectivity index (χ1) is 5.58. The monoisotopic (exact) mass is 214 g/mol. The van der Waals surface area contributed by atoms with E-state index in [4.69, 9.17) is 9.79 Å². The Morgan fingerprint density at radius 2 is 2.00 bits per heavy atom. The Morgan fingerprint density at radius 3 is 2.50 bits per heavy atom. The minimum atomic E-state index is -4.28. The van der Waals surface area contributed by atoms with Crippen molar-refractivity contribution < 1.29 is 18.7 Å². The maximum Gasteiger partial charge on any atom is 0.473 e. The number of nitrogens with zero attached hydrogens (tertiary/aromatic N) is 1. The highest BCUT2D eigenvalue weighted by Crippen LogP contribution is 2.44. The number of phosphoric acid groups is 1. The minimum absolute atomic E-state index is 0.237. The third kappa shape index (κ3) is 4.48. The fourth-order valence-electron chi connectivity index (χ4n) is 0.867. The van der Waals surface area contributed by atoms with Gasteiger partial charge in [-0.15, -0.1) is 0 Å². The maximum absolute atomic E-state index is 10.3. The molecule has 6 nitrogen and oxygen atoms in total. The molecular formula is C4H12N2O4P2. The lowest BCUT2D eigenvalue weighted by Crippen LogP contribution is -2.39. The largest absolute Gasteiger partial charge is 0.473 e. The molecule has 8 heteroatoms. The predicted octanol–water partition coefficient (Wildman–Crippen LogP) is -0.491. The predicted molar refractivity (Wildman–Crippen MR) is 45.9 cm³/mol. The molecule has 1 unspecified atom stereocenters. The summed E-state index contributed by atoms with van der Waals surface area (Å²) in [5.74, 6) is 0. The molecule has 0 amide bonds. The van der Waals surface area contributed by atoms with Crippen LogP contribution in [0.5, 0.6) is 0 Å². The summed E-state index contributed by atoms with van der Waals surface area (Å²) in [6.45, 7) is 3.24. The van der Waals surface area contributed by atoms with Gasteiger partial charge < -0.3 is 15.1 Å². The Morgan fingerprint density at radius 1 is 1.42 bits per heavy atom. The van der Waals surface area contributed by atoms with Crippen molar-refractivity contribution in [2.45, 2.75) is 0 Å². The zero-order valence-corrected chi connectivity index (χ0v) is 8.33. The molecule has 1 aliphatic heterocycles. The van der Waals surface area contributed by atoms with E-state index in [1.165, 1.54) is 0 Å². The van der Waals surface area contributed by atoms with Crippen molar-refractivity contribution in [3.63, 3.8) is 0 Å². The number of nitrogens with one attached hydrogen (secondary N) is 1. The molecule has 0 saturated carbocycles. The Labute approximate surface area is 72.4 Å². The van der Waals surface area contributed by atoms with Gasteiger partial charge in [0.2, 0.25) is 0 Å². The molecule has 0 aromatic heterocycles. The number of hydrogen-bond donors (Lipinski definition) is 3. The molecule has 0 radical (unpaired) electrons. The lowest BCUT2D eigenvalue weighted by molar-refractivity contribution is 0.282. The fourth-order valence-corrected chi connectivity index (χ4v) is 2.16. The van der Waals surface area contributed by atoms with E-state index in [2.05, 4.69) is 9.63 Å². The van der Waals surface area contributed by atoms with E-state index in [0.717, 1.165) is 26.2 Å². The van der Waals surface area contributed by atoms with E-state index >= 15 is 0 Å². The van der Waals surface area contributed by atoms with Crippen LogP contribution in [0.4, 0.5) is 0 Å². The summed E-state index contributed by atoms with van der Waals surface area (Å²) in [7, 11) is -4.52. The summed E-state index contributed by atoms with van der Waals surface area (Å²) in [4.78, 5) is 16.8. The molecule has 3 N–H and O–H groups in total. The van der Waals surface area contributed by atoms with Gasteiger partial charge in [0.1, 0.15) is 8.96 Å². The van der Waals surface area contributed by atoms with Crippen LogP contribution in [0.1, 0.15) is 0 Å². The summed E-state index contributed by atoms with van der Waals surface area (Å²) >= 11 is 0. The number of rotatable bonds is 3. The molecule has 1 heterocycles. The maximum atomic E-state index is 10.3. The van der Waals surface area contributed by atoms with Gasteiger partial charge in [-0.05, 0) is 0 Å². The molecule has 12 heavy (non-hydrogen) atoms. The highest BCUT2D eigenvalue weighted by molar-refractivity contribution is 7.54. The quantitative estimate of drug-likeness (QED) is 0.550. The van der Waals surface area contributed by atoms with Gasteiger partial charge in [-0.2, -0.15) is 0 Å². The van der Waals surface area contributed by atoms with Crippen molar-refractivity contribution in [3.05, 3.63) is 0 Å². The third-order valence-electron chi connectivity index (χ3n) is 1.41. The zero-order valence-electron chi connectivity index (χ0n) is 6.43. The summed E-state index contributed by atoms with van der Waals surface area (Å²) in [5, 5.41) is 3.13. The van der Waals surface area contributed by atoms with Gasteiger partial charge >= 0.3 is 7.82 Å². The van der Waals surface area contributed by atoms with Gasteiger partial charge in [0.15, 0.2) is 0 Å². The Bertz CT molecular complexity index is 178. The molecule has 0 aromatic carbocycles. The summed E-state index contributed by atoms with van der Waals surface area (Å²) in [6, 6.07) is 0. The van der Waals surface area contributed by atoms with Gasteiger partial charge in [0.25, 0.3) is 0 Å².